The Balaban J connectivity index is 1.46. The highest BCUT2D eigenvalue weighted by Gasteiger charge is 2.42. The summed E-state index contributed by atoms with van der Waals surface area (Å²) in [5.74, 6) is -0.438. The highest BCUT2D eigenvalue weighted by atomic mass is 32.2. The van der Waals surface area contributed by atoms with Crippen LogP contribution in [0.5, 0.6) is 0 Å². The average molecular weight is 781 g/mol. The van der Waals surface area contributed by atoms with Gasteiger partial charge in [0.15, 0.2) is 6.54 Å². The molecule has 0 spiro atoms. The highest BCUT2D eigenvalue weighted by Crippen LogP contribution is 2.50. The van der Waals surface area contributed by atoms with E-state index in [2.05, 4.69) is 77.1 Å². The highest BCUT2D eigenvalue weighted by molar-refractivity contribution is 8.03. The zero-order chi connectivity index (χ0) is 37.3. The van der Waals surface area contributed by atoms with Crippen molar-refractivity contribution in [2.24, 2.45) is 0 Å². The SMILES string of the molecule is CCC(=Cc1sc2ccc3ccccc3c2[n+]1CCCS(=O)(=O)[O-])C=C1Sc2ccc3ccccc3c2N1CCC([N+](CC)(CC)CC)S(=O)(=O)O. The van der Waals surface area contributed by atoms with Gasteiger partial charge >= 0.3 is 10.1 Å². The molecule has 0 saturated carbocycles. The number of benzene rings is 4. The van der Waals surface area contributed by atoms with Crippen molar-refractivity contribution in [3.8, 4) is 0 Å². The summed E-state index contributed by atoms with van der Waals surface area (Å²) < 4.78 is 74.7. The number of anilines is 1. The van der Waals surface area contributed by atoms with E-state index in [9.17, 15) is 25.9 Å². The standard InChI is InChI=1S/C39H45N3O6S4/c1-5-28(26-35-40(23-13-25-51(43,44)45)38-31-16-11-9-14-29(31)18-20-33(38)49-35)27-36-41(24-22-37(52(46,47)48)42(6-2,7-3)8-4)39-32-17-12-10-15-30(32)19-21-34(39)50-36/h9-12,14-21,26-27,37H,5-8,13,22-25H2,1-4H3/p+1. The average Bonchev–Trinajstić information content (AvgIpc) is 3.66. The molecule has 9 nitrogen and oxygen atoms in total. The summed E-state index contributed by atoms with van der Waals surface area (Å²) in [5.41, 5.74) is 3.08. The molecule has 1 unspecified atom stereocenters. The van der Waals surface area contributed by atoms with Gasteiger partial charge in [-0.15, -0.1) is 0 Å². The molecule has 6 rings (SSSR count). The van der Waals surface area contributed by atoms with Gasteiger partial charge in [-0.25, -0.2) is 8.42 Å². The lowest BCUT2D eigenvalue weighted by Gasteiger charge is -2.41. The van der Waals surface area contributed by atoms with Gasteiger partial charge in [-0.3, -0.25) is 4.55 Å². The molecule has 0 fully saturated rings. The van der Waals surface area contributed by atoms with Crippen LogP contribution < -0.4 is 9.47 Å². The lowest BCUT2D eigenvalue weighted by atomic mass is 10.1. The van der Waals surface area contributed by atoms with Crippen LogP contribution in [0.15, 0.2) is 94.4 Å². The Hall–Kier alpha value is -3.30. The fourth-order valence-electron chi connectivity index (χ4n) is 7.60. The topological polar surface area (TPSA) is 119 Å². The molecule has 0 aliphatic carbocycles. The molecular formula is C39H46N3O6S4+. The quantitative estimate of drug-likeness (QED) is 0.0643. The molecule has 1 N–H and O–H groups in total. The Morgan fingerprint density at radius 2 is 1.54 bits per heavy atom. The van der Waals surface area contributed by atoms with Crippen molar-refractivity contribution in [2.45, 2.75) is 63.8 Å². The number of thioether (sulfide) groups is 1. The zero-order valence-corrected chi connectivity index (χ0v) is 33.3. The van der Waals surface area contributed by atoms with Crippen LogP contribution >= 0.6 is 23.1 Å². The number of aryl methyl sites for hydroxylation is 1. The van der Waals surface area contributed by atoms with E-state index in [1.54, 1.807) is 23.1 Å². The molecule has 0 radical (unpaired) electrons. The largest absolute Gasteiger partial charge is 0.748 e. The normalized spacial score (nSPS) is 15.7. The van der Waals surface area contributed by atoms with E-state index < -0.39 is 31.4 Å². The number of hydrogen-bond acceptors (Lipinski definition) is 8. The molecule has 52 heavy (non-hydrogen) atoms. The molecule has 5 aromatic rings. The summed E-state index contributed by atoms with van der Waals surface area (Å²) in [6.45, 7) is 10.5. The predicted molar refractivity (Wildman–Crippen MR) is 214 cm³/mol. The van der Waals surface area contributed by atoms with Gasteiger partial charge in [0.2, 0.25) is 10.9 Å². The number of thiazole rings is 1. The summed E-state index contributed by atoms with van der Waals surface area (Å²) >= 11 is 3.28. The van der Waals surface area contributed by atoms with E-state index in [1.807, 2.05) is 45.0 Å². The van der Waals surface area contributed by atoms with Crippen LogP contribution in [0, 0.1) is 0 Å². The third kappa shape index (κ3) is 7.82. The first kappa shape index (κ1) is 38.4. The summed E-state index contributed by atoms with van der Waals surface area (Å²) in [5, 5.41) is 5.25. The zero-order valence-electron chi connectivity index (χ0n) is 30.0. The molecule has 1 aliphatic heterocycles. The van der Waals surface area contributed by atoms with Crippen LogP contribution in [-0.2, 0) is 26.8 Å². The first-order chi connectivity index (χ1) is 24.8. The third-order valence-electron chi connectivity index (χ3n) is 10.5. The van der Waals surface area contributed by atoms with Crippen LogP contribution in [0.4, 0.5) is 5.69 Å². The Morgan fingerprint density at radius 3 is 2.17 bits per heavy atom. The van der Waals surface area contributed by atoms with E-state index in [1.165, 1.54) is 0 Å². The maximum absolute atomic E-state index is 13.0. The molecule has 0 saturated heterocycles. The van der Waals surface area contributed by atoms with Crippen LogP contribution in [0.2, 0.25) is 0 Å². The van der Waals surface area contributed by atoms with Gasteiger partial charge in [0.25, 0.3) is 5.01 Å². The van der Waals surface area contributed by atoms with Gasteiger partial charge in [0.05, 0.1) is 45.9 Å². The fraction of sp³-hybridized carbons (Fsp3) is 0.359. The Morgan fingerprint density at radius 1 is 0.904 bits per heavy atom. The van der Waals surface area contributed by atoms with Gasteiger partial charge in [0, 0.05) is 41.5 Å². The van der Waals surface area contributed by atoms with Gasteiger partial charge < -0.3 is 13.9 Å². The van der Waals surface area contributed by atoms with Crippen molar-refractivity contribution in [2.75, 3.05) is 36.8 Å². The number of allylic oxidation sites excluding steroid dienone is 2. The minimum atomic E-state index is -4.36. The summed E-state index contributed by atoms with van der Waals surface area (Å²) in [4.78, 5) is 3.29. The van der Waals surface area contributed by atoms with Crippen molar-refractivity contribution < 1.29 is 35.0 Å². The van der Waals surface area contributed by atoms with Crippen molar-refractivity contribution in [3.05, 3.63) is 94.5 Å². The number of aromatic nitrogens is 1. The second-order valence-corrected chi connectivity index (χ2v) is 18.4. The van der Waals surface area contributed by atoms with E-state index in [4.69, 9.17) is 0 Å². The maximum Gasteiger partial charge on any atom is 0.319 e. The van der Waals surface area contributed by atoms with E-state index in [0.29, 0.717) is 39.1 Å². The number of quaternary nitrogens is 1. The van der Waals surface area contributed by atoms with Gasteiger partial charge in [-0.1, -0.05) is 84.6 Å². The van der Waals surface area contributed by atoms with Crippen LogP contribution in [-0.4, -0.2) is 67.7 Å². The molecule has 1 aromatic heterocycles. The maximum atomic E-state index is 13.0. The Kier molecular flexibility index (Phi) is 11.5. The van der Waals surface area contributed by atoms with Crippen molar-refractivity contribution in [1.29, 1.82) is 0 Å². The lowest BCUT2D eigenvalue weighted by Crippen LogP contribution is -2.58. The second kappa shape index (κ2) is 15.6. The lowest BCUT2D eigenvalue weighted by molar-refractivity contribution is -0.934. The molecule has 0 amide bonds. The molecule has 4 aromatic carbocycles. The van der Waals surface area contributed by atoms with E-state index in [0.717, 1.165) is 58.0 Å². The molecule has 0 bridgehead atoms. The predicted octanol–water partition coefficient (Wildman–Crippen LogP) is 8.16. The van der Waals surface area contributed by atoms with Gasteiger partial charge in [-0.05, 0) is 67.8 Å². The molecule has 2 heterocycles. The first-order valence-corrected chi connectivity index (χ1v) is 22.5. The Labute approximate surface area is 315 Å². The summed E-state index contributed by atoms with van der Waals surface area (Å²) in [6, 6.07) is 24.7. The number of fused-ring (bicyclic) bond motifs is 6. The fourth-order valence-corrected chi connectivity index (χ4v) is 11.9. The van der Waals surface area contributed by atoms with Crippen LogP contribution in [0.1, 0.15) is 52.0 Å². The molecule has 1 aliphatic rings. The minimum absolute atomic E-state index is 0.198. The van der Waals surface area contributed by atoms with Gasteiger partial charge in [0.1, 0.15) is 4.70 Å². The number of rotatable bonds is 15. The van der Waals surface area contributed by atoms with E-state index >= 15 is 0 Å². The molecule has 276 valence electrons. The smallest absolute Gasteiger partial charge is 0.319 e. The molecule has 1 atom stereocenters. The molecule has 13 heteroatoms. The van der Waals surface area contributed by atoms with Crippen LogP contribution in [0.25, 0.3) is 37.8 Å². The summed E-state index contributed by atoms with van der Waals surface area (Å²) in [7, 11) is -8.72. The van der Waals surface area contributed by atoms with Crippen molar-refractivity contribution in [1.82, 2.24) is 0 Å². The number of nitrogens with zero attached hydrogens (tertiary/aromatic N) is 3. The van der Waals surface area contributed by atoms with Crippen LogP contribution in [0.3, 0.4) is 0 Å². The number of hydrogen-bond donors (Lipinski definition) is 1. The monoisotopic (exact) mass is 780 g/mol. The third-order valence-corrected chi connectivity index (χ3v) is 14.8. The first-order valence-electron chi connectivity index (χ1n) is 17.8. The Bertz CT molecular complexity index is 2390. The van der Waals surface area contributed by atoms with Crippen molar-refractivity contribution in [3.63, 3.8) is 0 Å². The van der Waals surface area contributed by atoms with Gasteiger partial charge in [-0.2, -0.15) is 13.0 Å². The second-order valence-electron chi connectivity index (χ2n) is 13.2. The molecular weight excluding hydrogens is 735 g/mol. The summed E-state index contributed by atoms with van der Waals surface area (Å²) in [6.07, 6.45) is 5.45. The minimum Gasteiger partial charge on any atom is -0.748 e. The van der Waals surface area contributed by atoms with E-state index in [-0.39, 0.29) is 17.3 Å². The van der Waals surface area contributed by atoms with Crippen molar-refractivity contribution >= 4 is 86.9 Å².